The van der Waals surface area contributed by atoms with E-state index in [0.717, 1.165) is 23.9 Å². The fraction of sp³-hybridized carbons (Fsp3) is 0.667. The van der Waals surface area contributed by atoms with E-state index in [1.165, 1.54) is 45.3 Å². The summed E-state index contributed by atoms with van der Waals surface area (Å²) in [6, 6.07) is 10.5. The van der Waals surface area contributed by atoms with Crippen molar-refractivity contribution in [2.45, 2.75) is 50.6 Å². The molecule has 20 heavy (non-hydrogen) atoms. The third-order valence-corrected chi connectivity index (χ3v) is 5.64. The summed E-state index contributed by atoms with van der Waals surface area (Å²) < 4.78 is 0. The van der Waals surface area contributed by atoms with Crippen LogP contribution in [0.15, 0.2) is 24.3 Å². The number of nitrogens with one attached hydrogen (secondary N) is 1. The molecule has 3 aliphatic rings. The lowest BCUT2D eigenvalue weighted by Gasteiger charge is -2.44. The molecular weight excluding hydrogens is 244 g/mol. The Morgan fingerprint density at radius 3 is 2.85 bits per heavy atom. The van der Waals surface area contributed by atoms with Gasteiger partial charge >= 0.3 is 0 Å². The first-order valence-electron chi connectivity index (χ1n) is 8.40. The molecule has 0 spiro atoms. The van der Waals surface area contributed by atoms with Crippen LogP contribution in [0, 0.1) is 5.92 Å². The smallest absolute Gasteiger partial charge is 0.0224 e. The molecule has 0 bridgehead atoms. The molecule has 1 aromatic carbocycles. The molecule has 2 fully saturated rings. The lowest BCUT2D eigenvalue weighted by Crippen LogP contribution is -2.58. The van der Waals surface area contributed by atoms with Gasteiger partial charge in [0.2, 0.25) is 0 Å². The summed E-state index contributed by atoms with van der Waals surface area (Å²) >= 11 is 0. The van der Waals surface area contributed by atoms with Crippen LogP contribution in [0.25, 0.3) is 0 Å². The lowest BCUT2D eigenvalue weighted by atomic mass is 9.77. The number of hydrogen-bond donors (Lipinski definition) is 1. The fourth-order valence-corrected chi connectivity index (χ4v) is 4.13. The van der Waals surface area contributed by atoms with Crippen LogP contribution in [0.4, 0.5) is 0 Å². The average molecular weight is 270 g/mol. The summed E-state index contributed by atoms with van der Waals surface area (Å²) in [4.78, 5) is 2.79. The van der Waals surface area contributed by atoms with Gasteiger partial charge in [-0.2, -0.15) is 0 Å². The number of fused-ring (bicyclic) bond motifs is 1. The molecular formula is C18H26N2. The average Bonchev–Trinajstić information content (AvgIpc) is 3.29. The highest BCUT2D eigenvalue weighted by atomic mass is 15.2. The van der Waals surface area contributed by atoms with Crippen molar-refractivity contribution < 1.29 is 0 Å². The van der Waals surface area contributed by atoms with Crippen molar-refractivity contribution >= 4 is 0 Å². The number of nitrogens with zero attached hydrogens (tertiary/aromatic N) is 1. The van der Waals surface area contributed by atoms with Gasteiger partial charge in [0.05, 0.1) is 0 Å². The van der Waals surface area contributed by atoms with Gasteiger partial charge in [-0.15, -0.1) is 0 Å². The van der Waals surface area contributed by atoms with Gasteiger partial charge in [-0.1, -0.05) is 31.2 Å². The molecule has 0 amide bonds. The minimum absolute atomic E-state index is 0.748. The Kier molecular flexibility index (Phi) is 3.31. The summed E-state index contributed by atoms with van der Waals surface area (Å²) in [5, 5.41) is 3.80. The summed E-state index contributed by atoms with van der Waals surface area (Å²) in [6.07, 6.45) is 5.48. The lowest BCUT2D eigenvalue weighted by molar-refractivity contribution is 0.108. The van der Waals surface area contributed by atoms with Crippen molar-refractivity contribution in [3.05, 3.63) is 35.4 Å². The number of benzene rings is 1. The van der Waals surface area contributed by atoms with E-state index in [1.54, 1.807) is 11.1 Å². The van der Waals surface area contributed by atoms with Gasteiger partial charge in [0.15, 0.2) is 0 Å². The standard InChI is InChI=1S/C18H26N2/c1-2-16-10-19-18(13-7-8-13)12-20(16)11-15-9-14-5-3-4-6-17(14)15/h3-6,13,15-16,18-19H,2,7-12H2,1H3. The second-order valence-corrected chi connectivity index (χ2v) is 6.97. The minimum Gasteiger partial charge on any atom is -0.311 e. The minimum atomic E-state index is 0.748. The number of hydrogen-bond acceptors (Lipinski definition) is 2. The zero-order valence-electron chi connectivity index (χ0n) is 12.5. The van der Waals surface area contributed by atoms with Crippen LogP contribution in [-0.4, -0.2) is 36.6 Å². The fourth-order valence-electron chi connectivity index (χ4n) is 4.13. The quantitative estimate of drug-likeness (QED) is 0.905. The van der Waals surface area contributed by atoms with Gasteiger partial charge in [0.25, 0.3) is 0 Å². The summed E-state index contributed by atoms with van der Waals surface area (Å²) in [6.45, 7) is 6.10. The number of piperazine rings is 1. The van der Waals surface area contributed by atoms with E-state index in [4.69, 9.17) is 0 Å². The third kappa shape index (κ3) is 2.29. The summed E-state index contributed by atoms with van der Waals surface area (Å²) in [5.41, 5.74) is 3.20. The zero-order valence-corrected chi connectivity index (χ0v) is 12.5. The van der Waals surface area contributed by atoms with Gasteiger partial charge in [-0.25, -0.2) is 0 Å². The van der Waals surface area contributed by atoms with E-state index in [1.807, 2.05) is 0 Å². The Bertz CT molecular complexity index is 480. The Morgan fingerprint density at radius 2 is 2.10 bits per heavy atom. The maximum atomic E-state index is 3.80. The molecule has 1 saturated carbocycles. The van der Waals surface area contributed by atoms with Crippen molar-refractivity contribution in [3.63, 3.8) is 0 Å². The Morgan fingerprint density at radius 1 is 1.25 bits per heavy atom. The maximum absolute atomic E-state index is 3.80. The molecule has 1 saturated heterocycles. The molecule has 108 valence electrons. The molecule has 0 radical (unpaired) electrons. The van der Waals surface area contributed by atoms with Crippen LogP contribution >= 0.6 is 0 Å². The van der Waals surface area contributed by atoms with Gasteiger partial charge in [0, 0.05) is 37.6 Å². The van der Waals surface area contributed by atoms with E-state index in [2.05, 4.69) is 41.4 Å². The summed E-state index contributed by atoms with van der Waals surface area (Å²) in [7, 11) is 0. The van der Waals surface area contributed by atoms with Crippen LogP contribution < -0.4 is 5.32 Å². The van der Waals surface area contributed by atoms with Crippen LogP contribution in [0.2, 0.25) is 0 Å². The van der Waals surface area contributed by atoms with E-state index in [0.29, 0.717) is 0 Å². The topological polar surface area (TPSA) is 15.3 Å². The van der Waals surface area contributed by atoms with Gasteiger partial charge in [-0.05, 0) is 42.7 Å². The molecule has 3 atom stereocenters. The second kappa shape index (κ2) is 5.16. The highest BCUT2D eigenvalue weighted by molar-refractivity contribution is 5.40. The van der Waals surface area contributed by atoms with Crippen molar-refractivity contribution in [2.24, 2.45) is 5.92 Å². The first kappa shape index (κ1) is 12.8. The molecule has 2 heteroatoms. The van der Waals surface area contributed by atoms with Crippen molar-refractivity contribution in [1.82, 2.24) is 10.2 Å². The maximum Gasteiger partial charge on any atom is 0.0224 e. The molecule has 3 unspecified atom stereocenters. The summed E-state index contributed by atoms with van der Waals surface area (Å²) in [5.74, 6) is 1.77. The van der Waals surface area contributed by atoms with E-state index >= 15 is 0 Å². The predicted octanol–water partition coefficient (Wildman–Crippen LogP) is 2.79. The molecule has 2 aliphatic carbocycles. The highest BCUT2D eigenvalue weighted by Gasteiger charge is 2.38. The molecule has 1 N–H and O–H groups in total. The highest BCUT2D eigenvalue weighted by Crippen LogP contribution is 2.38. The third-order valence-electron chi connectivity index (χ3n) is 5.64. The van der Waals surface area contributed by atoms with Crippen molar-refractivity contribution in [1.29, 1.82) is 0 Å². The van der Waals surface area contributed by atoms with Crippen LogP contribution in [0.3, 0.4) is 0 Å². The second-order valence-electron chi connectivity index (χ2n) is 6.97. The van der Waals surface area contributed by atoms with Crippen LogP contribution in [0.1, 0.15) is 43.2 Å². The first-order valence-corrected chi connectivity index (χ1v) is 8.40. The molecule has 0 aromatic heterocycles. The zero-order chi connectivity index (χ0) is 13.5. The molecule has 4 rings (SSSR count). The largest absolute Gasteiger partial charge is 0.311 e. The van der Waals surface area contributed by atoms with Gasteiger partial charge in [-0.3, -0.25) is 4.90 Å². The molecule has 1 aromatic rings. The van der Waals surface area contributed by atoms with E-state index in [-0.39, 0.29) is 0 Å². The molecule has 1 aliphatic heterocycles. The molecule has 1 heterocycles. The van der Waals surface area contributed by atoms with E-state index < -0.39 is 0 Å². The van der Waals surface area contributed by atoms with Crippen molar-refractivity contribution in [3.8, 4) is 0 Å². The van der Waals surface area contributed by atoms with Crippen molar-refractivity contribution in [2.75, 3.05) is 19.6 Å². The monoisotopic (exact) mass is 270 g/mol. The SMILES string of the molecule is CCC1CNC(C2CC2)CN1CC1Cc2ccccc21. The Labute approximate surface area is 122 Å². The molecule has 2 nitrogen and oxygen atoms in total. The first-order chi connectivity index (χ1) is 9.85. The Hall–Kier alpha value is -0.860. The Balaban J connectivity index is 1.43. The van der Waals surface area contributed by atoms with Gasteiger partial charge in [0.1, 0.15) is 0 Å². The van der Waals surface area contributed by atoms with Crippen LogP contribution in [-0.2, 0) is 6.42 Å². The number of rotatable bonds is 4. The predicted molar refractivity (Wildman–Crippen MR) is 83.1 cm³/mol. The van der Waals surface area contributed by atoms with Gasteiger partial charge < -0.3 is 5.32 Å². The van der Waals surface area contributed by atoms with E-state index in [9.17, 15) is 0 Å². The van der Waals surface area contributed by atoms with Crippen LogP contribution in [0.5, 0.6) is 0 Å². The normalized spacial score (nSPS) is 33.5.